The molecule has 0 bridgehead atoms. The van der Waals surface area contributed by atoms with Gasteiger partial charge < -0.3 is 4.74 Å². The van der Waals surface area contributed by atoms with Gasteiger partial charge in [0.05, 0.1) is 11.5 Å². The van der Waals surface area contributed by atoms with Crippen LogP contribution in [0.2, 0.25) is 0 Å². The molecule has 4 heteroatoms. The summed E-state index contributed by atoms with van der Waals surface area (Å²) >= 11 is 0. The lowest BCUT2D eigenvalue weighted by atomic mass is 9.64. The summed E-state index contributed by atoms with van der Waals surface area (Å²) in [7, 11) is 0. The zero-order valence-corrected chi connectivity index (χ0v) is 16.9. The molecule has 1 aliphatic heterocycles. The van der Waals surface area contributed by atoms with Gasteiger partial charge in [-0.1, -0.05) is 31.2 Å². The number of benzene rings is 1. The number of hydrogen-bond donors (Lipinski definition) is 0. The Bertz CT molecular complexity index is 1200. The SMILES string of the molecule is C[C@]12C=CC3=CC4=C(CCCC4=O)O[C@H]3[C@@H]1CC(=O)[C@@H]2c1ccc2ccncc2c1. The molecule has 1 aromatic heterocycles. The van der Waals surface area contributed by atoms with Crippen LogP contribution in [0.15, 0.2) is 71.8 Å². The lowest BCUT2D eigenvalue weighted by Gasteiger charge is -2.43. The van der Waals surface area contributed by atoms with E-state index in [1.165, 1.54) is 0 Å². The largest absolute Gasteiger partial charge is 0.489 e. The molecule has 0 amide bonds. The van der Waals surface area contributed by atoms with E-state index in [0.717, 1.165) is 46.1 Å². The molecule has 1 saturated carbocycles. The molecule has 1 aromatic carbocycles. The lowest BCUT2D eigenvalue weighted by Crippen LogP contribution is -2.41. The molecule has 0 spiro atoms. The van der Waals surface area contributed by atoms with E-state index in [0.29, 0.717) is 12.8 Å². The minimum Gasteiger partial charge on any atom is -0.489 e. The zero-order chi connectivity index (χ0) is 20.5. The van der Waals surface area contributed by atoms with Crippen molar-refractivity contribution in [1.29, 1.82) is 0 Å². The molecule has 30 heavy (non-hydrogen) atoms. The van der Waals surface area contributed by atoms with E-state index >= 15 is 0 Å². The minimum absolute atomic E-state index is 0.0712. The summed E-state index contributed by atoms with van der Waals surface area (Å²) in [4.78, 5) is 29.9. The number of pyridine rings is 1. The maximum Gasteiger partial charge on any atom is 0.166 e. The van der Waals surface area contributed by atoms with Gasteiger partial charge in [-0.2, -0.15) is 0 Å². The number of aromatic nitrogens is 1. The second-order valence-corrected chi connectivity index (χ2v) is 9.19. The first-order valence-corrected chi connectivity index (χ1v) is 10.7. The van der Waals surface area contributed by atoms with E-state index in [-0.39, 0.29) is 34.9 Å². The van der Waals surface area contributed by atoms with Gasteiger partial charge in [-0.25, -0.2) is 0 Å². The highest BCUT2D eigenvalue weighted by atomic mass is 16.5. The third kappa shape index (κ3) is 2.43. The quantitative estimate of drug-likeness (QED) is 0.693. The van der Waals surface area contributed by atoms with Gasteiger partial charge >= 0.3 is 0 Å². The summed E-state index contributed by atoms with van der Waals surface area (Å²) < 4.78 is 6.42. The number of allylic oxidation sites excluding steroid dienone is 4. The van der Waals surface area contributed by atoms with Gasteiger partial charge in [0.15, 0.2) is 5.78 Å². The van der Waals surface area contributed by atoms with Crippen molar-refractivity contribution >= 4 is 22.3 Å². The number of rotatable bonds is 1. The van der Waals surface area contributed by atoms with E-state index in [1.807, 2.05) is 18.3 Å². The average Bonchev–Trinajstić information content (AvgIpc) is 3.03. The molecule has 0 unspecified atom stereocenters. The van der Waals surface area contributed by atoms with Crippen molar-refractivity contribution in [3.05, 3.63) is 77.4 Å². The van der Waals surface area contributed by atoms with Crippen LogP contribution in [0.25, 0.3) is 10.8 Å². The van der Waals surface area contributed by atoms with Gasteiger partial charge in [0, 0.05) is 48.4 Å². The molecular formula is C26H23NO3. The topological polar surface area (TPSA) is 56.3 Å². The Labute approximate surface area is 175 Å². The molecule has 2 heterocycles. The molecule has 4 aliphatic rings. The normalized spacial score (nSPS) is 32.4. The van der Waals surface area contributed by atoms with Gasteiger partial charge in [0.25, 0.3) is 0 Å². The predicted molar refractivity (Wildman–Crippen MR) is 114 cm³/mol. The van der Waals surface area contributed by atoms with Gasteiger partial charge in [0.1, 0.15) is 17.6 Å². The first-order valence-electron chi connectivity index (χ1n) is 10.7. The van der Waals surface area contributed by atoms with Crippen LogP contribution >= 0.6 is 0 Å². The predicted octanol–water partition coefficient (Wildman–Crippen LogP) is 4.82. The highest BCUT2D eigenvalue weighted by Crippen LogP contribution is 2.58. The highest BCUT2D eigenvalue weighted by Gasteiger charge is 2.57. The molecule has 1 fully saturated rings. The van der Waals surface area contributed by atoms with Crippen molar-refractivity contribution < 1.29 is 14.3 Å². The third-order valence-corrected chi connectivity index (χ3v) is 7.48. The van der Waals surface area contributed by atoms with E-state index in [1.54, 1.807) is 6.20 Å². The standard InChI is InChI=1S/C26H23NO3/c1-26-9-7-17-12-19-21(28)3-2-4-23(19)30-25(17)20(26)13-22(29)24(26)16-6-5-15-8-10-27-14-18(15)11-16/h5-12,14,20,24-25H,2-4,13H2,1H3/t20-,24-,25+,26-/m0/s1. The molecule has 4 nitrogen and oxygen atoms in total. The first-order chi connectivity index (χ1) is 14.5. The van der Waals surface area contributed by atoms with E-state index < -0.39 is 0 Å². The molecule has 2 aromatic rings. The maximum absolute atomic E-state index is 13.3. The summed E-state index contributed by atoms with van der Waals surface area (Å²) in [5.74, 6) is 1.14. The number of Topliss-reactive ketones (excluding diaryl/α,β-unsaturated/α-hetero) is 2. The second kappa shape index (κ2) is 6.24. The van der Waals surface area contributed by atoms with Crippen molar-refractivity contribution in [2.75, 3.05) is 0 Å². The van der Waals surface area contributed by atoms with Crippen molar-refractivity contribution in [3.63, 3.8) is 0 Å². The van der Waals surface area contributed by atoms with Crippen LogP contribution in [0.4, 0.5) is 0 Å². The zero-order valence-electron chi connectivity index (χ0n) is 16.9. The number of carbonyl (C=O) groups excluding carboxylic acids is 2. The average molecular weight is 397 g/mol. The summed E-state index contributed by atoms with van der Waals surface area (Å²) in [6.07, 6.45) is 12.5. The Morgan fingerprint density at radius 3 is 2.93 bits per heavy atom. The highest BCUT2D eigenvalue weighted by molar-refractivity contribution is 6.00. The summed E-state index contributed by atoms with van der Waals surface area (Å²) in [6, 6.07) is 8.26. The minimum atomic E-state index is -0.314. The van der Waals surface area contributed by atoms with Crippen LogP contribution in [0.1, 0.15) is 44.1 Å². The number of ether oxygens (including phenoxy) is 1. The molecule has 3 aliphatic carbocycles. The Morgan fingerprint density at radius 1 is 1.13 bits per heavy atom. The molecule has 0 N–H and O–H groups in total. The number of carbonyl (C=O) groups is 2. The number of nitrogens with zero attached hydrogens (tertiary/aromatic N) is 1. The van der Waals surface area contributed by atoms with Crippen molar-refractivity contribution in [1.82, 2.24) is 4.98 Å². The Balaban J connectivity index is 1.42. The number of hydrogen-bond acceptors (Lipinski definition) is 4. The van der Waals surface area contributed by atoms with Gasteiger partial charge in [0.2, 0.25) is 0 Å². The first kappa shape index (κ1) is 17.8. The Morgan fingerprint density at radius 2 is 2.03 bits per heavy atom. The molecule has 150 valence electrons. The lowest BCUT2D eigenvalue weighted by molar-refractivity contribution is -0.119. The fourth-order valence-electron chi connectivity index (χ4n) is 5.92. The Kier molecular flexibility index (Phi) is 3.71. The molecular weight excluding hydrogens is 374 g/mol. The van der Waals surface area contributed by atoms with E-state index in [2.05, 4.69) is 42.3 Å². The summed E-state index contributed by atoms with van der Waals surface area (Å²) in [6.45, 7) is 2.19. The van der Waals surface area contributed by atoms with Crippen LogP contribution in [0, 0.1) is 11.3 Å². The monoisotopic (exact) mass is 397 g/mol. The number of fused-ring (bicyclic) bond motifs is 4. The van der Waals surface area contributed by atoms with Crippen molar-refractivity contribution in [2.24, 2.45) is 11.3 Å². The van der Waals surface area contributed by atoms with Crippen LogP contribution in [-0.4, -0.2) is 22.7 Å². The van der Waals surface area contributed by atoms with Gasteiger partial charge in [-0.3, -0.25) is 14.6 Å². The molecule has 4 atom stereocenters. The summed E-state index contributed by atoms with van der Waals surface area (Å²) in [5, 5.41) is 2.18. The molecule has 0 saturated heterocycles. The third-order valence-electron chi connectivity index (χ3n) is 7.48. The van der Waals surface area contributed by atoms with Crippen molar-refractivity contribution in [2.45, 2.75) is 44.6 Å². The van der Waals surface area contributed by atoms with Crippen LogP contribution in [-0.2, 0) is 14.3 Å². The maximum atomic E-state index is 13.3. The van der Waals surface area contributed by atoms with Crippen LogP contribution < -0.4 is 0 Å². The van der Waals surface area contributed by atoms with Gasteiger partial charge in [-0.15, -0.1) is 0 Å². The van der Waals surface area contributed by atoms with E-state index in [4.69, 9.17) is 4.74 Å². The number of ketones is 2. The molecule has 0 radical (unpaired) electrons. The summed E-state index contributed by atoms with van der Waals surface area (Å²) in [5.41, 5.74) is 2.50. The fraction of sp³-hybridized carbons (Fsp3) is 0.346. The fourth-order valence-corrected chi connectivity index (χ4v) is 5.92. The smallest absolute Gasteiger partial charge is 0.166 e. The van der Waals surface area contributed by atoms with Gasteiger partial charge in [-0.05, 0) is 41.2 Å². The Hall–Kier alpha value is -3.01. The molecule has 6 rings (SSSR count). The second-order valence-electron chi connectivity index (χ2n) is 9.19. The van der Waals surface area contributed by atoms with E-state index in [9.17, 15) is 9.59 Å². The van der Waals surface area contributed by atoms with Crippen LogP contribution in [0.5, 0.6) is 0 Å². The van der Waals surface area contributed by atoms with Crippen molar-refractivity contribution in [3.8, 4) is 0 Å². The van der Waals surface area contributed by atoms with Crippen LogP contribution in [0.3, 0.4) is 0 Å².